The highest BCUT2D eigenvalue weighted by atomic mass is 127. The number of amides is 1. The number of hydrogen-bond acceptors (Lipinski definition) is 1. The molecule has 20 heavy (non-hydrogen) atoms. The van der Waals surface area contributed by atoms with Crippen LogP contribution in [0.3, 0.4) is 0 Å². The third-order valence-corrected chi connectivity index (χ3v) is 3.93. The van der Waals surface area contributed by atoms with E-state index in [-0.39, 0.29) is 11.8 Å². The van der Waals surface area contributed by atoms with E-state index in [9.17, 15) is 4.79 Å². The minimum absolute atomic E-state index is 0.0688. The van der Waals surface area contributed by atoms with Gasteiger partial charge in [0.25, 0.3) is 0 Å². The number of carbonyl (C=O) groups excluding carboxylic acids is 1. The zero-order valence-corrected chi connectivity index (χ0v) is 13.6. The Morgan fingerprint density at radius 2 is 1.75 bits per heavy atom. The Morgan fingerprint density at radius 3 is 2.35 bits per heavy atom. The third-order valence-electron chi connectivity index (χ3n) is 3.21. The average Bonchev–Trinajstić information content (AvgIpc) is 2.48. The second-order valence-electron chi connectivity index (χ2n) is 4.75. The third kappa shape index (κ3) is 4.07. The summed E-state index contributed by atoms with van der Waals surface area (Å²) in [5, 5.41) is 3.01. The quantitative estimate of drug-likeness (QED) is 0.742. The van der Waals surface area contributed by atoms with Crippen molar-refractivity contribution in [3.63, 3.8) is 0 Å². The van der Waals surface area contributed by atoms with Gasteiger partial charge in [0.15, 0.2) is 0 Å². The highest BCUT2D eigenvalue weighted by Gasteiger charge is 2.19. The highest BCUT2D eigenvalue weighted by Crippen LogP contribution is 2.23. The van der Waals surface area contributed by atoms with Crippen molar-refractivity contribution in [2.24, 2.45) is 0 Å². The molecule has 0 radical (unpaired) electrons. The number of carbonyl (C=O) groups is 1. The fourth-order valence-corrected chi connectivity index (χ4v) is 2.55. The van der Waals surface area contributed by atoms with Gasteiger partial charge in [0.05, 0.1) is 5.92 Å². The fraction of sp³-hybridized carbons (Fsp3) is 0.235. The maximum absolute atomic E-state index is 12.5. The first-order valence-corrected chi connectivity index (χ1v) is 7.90. The zero-order valence-electron chi connectivity index (χ0n) is 11.5. The van der Waals surface area contributed by atoms with Gasteiger partial charge in [-0.2, -0.15) is 0 Å². The van der Waals surface area contributed by atoms with Crippen molar-refractivity contribution in [1.82, 2.24) is 0 Å². The first-order valence-electron chi connectivity index (χ1n) is 6.82. The van der Waals surface area contributed by atoms with E-state index in [1.54, 1.807) is 0 Å². The summed E-state index contributed by atoms with van der Waals surface area (Å²) in [6.45, 7) is 2.11. The number of anilines is 1. The van der Waals surface area contributed by atoms with Crippen molar-refractivity contribution in [3.8, 4) is 0 Å². The molecule has 1 atom stereocenters. The highest BCUT2D eigenvalue weighted by molar-refractivity contribution is 14.1. The van der Waals surface area contributed by atoms with E-state index in [1.807, 2.05) is 54.6 Å². The van der Waals surface area contributed by atoms with Crippen molar-refractivity contribution >= 4 is 34.2 Å². The maximum Gasteiger partial charge on any atom is 0.231 e. The van der Waals surface area contributed by atoms with Gasteiger partial charge >= 0.3 is 0 Å². The molecule has 0 aliphatic heterocycles. The molecule has 0 aliphatic carbocycles. The number of rotatable bonds is 5. The van der Waals surface area contributed by atoms with Crippen LogP contribution in [-0.4, -0.2) is 5.91 Å². The van der Waals surface area contributed by atoms with Gasteiger partial charge in [-0.15, -0.1) is 0 Å². The molecule has 3 heteroatoms. The van der Waals surface area contributed by atoms with Crippen LogP contribution >= 0.6 is 22.6 Å². The van der Waals surface area contributed by atoms with Gasteiger partial charge < -0.3 is 5.32 Å². The van der Waals surface area contributed by atoms with E-state index in [1.165, 1.54) is 0 Å². The number of hydrogen-bond donors (Lipinski definition) is 1. The summed E-state index contributed by atoms with van der Waals surface area (Å²) in [6.07, 6.45) is 1.85. The molecule has 0 aromatic heterocycles. The molecule has 0 spiro atoms. The molecule has 104 valence electrons. The van der Waals surface area contributed by atoms with Crippen molar-refractivity contribution < 1.29 is 4.79 Å². The van der Waals surface area contributed by atoms with E-state index in [4.69, 9.17) is 0 Å². The summed E-state index contributed by atoms with van der Waals surface area (Å²) in [6, 6.07) is 17.8. The average molecular weight is 379 g/mol. The van der Waals surface area contributed by atoms with E-state index >= 15 is 0 Å². The molecule has 2 aromatic carbocycles. The van der Waals surface area contributed by atoms with Crippen LogP contribution in [0.1, 0.15) is 31.2 Å². The lowest BCUT2D eigenvalue weighted by Gasteiger charge is -2.16. The first kappa shape index (κ1) is 15.0. The SMILES string of the molecule is CCC[C@H](C(=O)Nc1ccc(I)cc1)c1ccccc1. The molecule has 0 fully saturated rings. The van der Waals surface area contributed by atoms with Crippen molar-refractivity contribution in [1.29, 1.82) is 0 Å². The Bertz CT molecular complexity index is 551. The lowest BCUT2D eigenvalue weighted by molar-refractivity contribution is -0.117. The summed E-state index contributed by atoms with van der Waals surface area (Å²) in [5.41, 5.74) is 1.94. The minimum atomic E-state index is -0.0829. The lowest BCUT2D eigenvalue weighted by atomic mass is 9.93. The number of nitrogens with one attached hydrogen (secondary N) is 1. The normalized spacial score (nSPS) is 11.9. The molecule has 2 rings (SSSR count). The summed E-state index contributed by atoms with van der Waals surface area (Å²) < 4.78 is 1.16. The van der Waals surface area contributed by atoms with Crippen LogP contribution in [0.2, 0.25) is 0 Å². The van der Waals surface area contributed by atoms with Gasteiger partial charge in [-0.1, -0.05) is 43.7 Å². The monoisotopic (exact) mass is 379 g/mol. The molecule has 2 aromatic rings. The Hall–Kier alpha value is -1.36. The molecule has 0 saturated carbocycles. The molecule has 0 unspecified atom stereocenters. The summed E-state index contributed by atoms with van der Waals surface area (Å²) in [7, 11) is 0. The van der Waals surface area contributed by atoms with Crippen LogP contribution in [0.15, 0.2) is 54.6 Å². The molecule has 0 aliphatic rings. The van der Waals surface area contributed by atoms with Crippen LogP contribution in [0, 0.1) is 3.57 Å². The summed E-state index contributed by atoms with van der Waals surface area (Å²) >= 11 is 2.25. The largest absolute Gasteiger partial charge is 0.326 e. The van der Waals surface area contributed by atoms with Gasteiger partial charge in [0, 0.05) is 9.26 Å². The Balaban J connectivity index is 2.13. The van der Waals surface area contributed by atoms with Crippen molar-refractivity contribution in [3.05, 3.63) is 63.7 Å². The van der Waals surface area contributed by atoms with Crippen LogP contribution in [-0.2, 0) is 4.79 Å². The molecular weight excluding hydrogens is 361 g/mol. The van der Waals surface area contributed by atoms with E-state index in [0.717, 1.165) is 27.7 Å². The molecule has 1 N–H and O–H groups in total. The molecule has 0 heterocycles. The van der Waals surface area contributed by atoms with Gasteiger partial charge in [0.2, 0.25) is 5.91 Å². The smallest absolute Gasteiger partial charge is 0.231 e. The topological polar surface area (TPSA) is 29.1 Å². The van der Waals surface area contributed by atoms with Crippen molar-refractivity contribution in [2.75, 3.05) is 5.32 Å². The summed E-state index contributed by atoms with van der Waals surface area (Å²) in [5.74, 6) is -0.0141. The molecule has 0 bridgehead atoms. The molecular formula is C17H18INO. The number of benzene rings is 2. The Kier molecular flexibility index (Phi) is 5.59. The second-order valence-corrected chi connectivity index (χ2v) is 5.99. The van der Waals surface area contributed by atoms with Gasteiger partial charge in [-0.05, 0) is 58.8 Å². The van der Waals surface area contributed by atoms with E-state index in [2.05, 4.69) is 34.8 Å². The molecule has 2 nitrogen and oxygen atoms in total. The predicted octanol–water partition coefficient (Wildman–Crippen LogP) is 4.81. The van der Waals surface area contributed by atoms with Crippen LogP contribution in [0.5, 0.6) is 0 Å². The fourth-order valence-electron chi connectivity index (χ4n) is 2.19. The van der Waals surface area contributed by atoms with E-state index < -0.39 is 0 Å². The molecule has 0 saturated heterocycles. The summed E-state index contributed by atoms with van der Waals surface area (Å²) in [4.78, 5) is 12.5. The van der Waals surface area contributed by atoms with E-state index in [0.29, 0.717) is 0 Å². The van der Waals surface area contributed by atoms with Crippen LogP contribution in [0.25, 0.3) is 0 Å². The Labute approximate surface area is 133 Å². The first-order chi connectivity index (χ1) is 9.70. The standard InChI is InChI=1S/C17H18INO/c1-2-6-16(13-7-4-3-5-8-13)17(20)19-15-11-9-14(18)10-12-15/h3-5,7-12,16H,2,6H2,1H3,(H,19,20)/t16-/m0/s1. The lowest BCUT2D eigenvalue weighted by Crippen LogP contribution is -2.21. The van der Waals surface area contributed by atoms with Gasteiger partial charge in [0.1, 0.15) is 0 Å². The van der Waals surface area contributed by atoms with Crippen LogP contribution in [0.4, 0.5) is 5.69 Å². The second kappa shape index (κ2) is 7.43. The zero-order chi connectivity index (χ0) is 14.4. The van der Waals surface area contributed by atoms with Crippen molar-refractivity contribution in [2.45, 2.75) is 25.7 Å². The molecule has 1 amide bonds. The van der Waals surface area contributed by atoms with Crippen LogP contribution < -0.4 is 5.32 Å². The minimum Gasteiger partial charge on any atom is -0.326 e. The Morgan fingerprint density at radius 1 is 1.10 bits per heavy atom. The van der Waals surface area contributed by atoms with Gasteiger partial charge in [-0.25, -0.2) is 0 Å². The number of halogens is 1. The maximum atomic E-state index is 12.5. The van der Waals surface area contributed by atoms with Gasteiger partial charge in [-0.3, -0.25) is 4.79 Å². The predicted molar refractivity (Wildman–Crippen MR) is 91.9 cm³/mol.